The smallest absolute Gasteiger partial charge is 0.134 e. The number of benzene rings is 2. The second-order valence-electron chi connectivity index (χ2n) is 8.28. The van der Waals surface area contributed by atoms with Crippen molar-refractivity contribution in [1.82, 2.24) is 9.97 Å². The van der Waals surface area contributed by atoms with Crippen LogP contribution in [0.3, 0.4) is 0 Å². The summed E-state index contributed by atoms with van der Waals surface area (Å²) in [6.07, 6.45) is 1.80. The molecule has 0 spiro atoms. The second-order valence-corrected chi connectivity index (χ2v) is 8.28. The highest BCUT2D eigenvalue weighted by Gasteiger charge is 2.24. The summed E-state index contributed by atoms with van der Waals surface area (Å²) in [7, 11) is 0. The van der Waals surface area contributed by atoms with Crippen LogP contribution < -0.4 is 4.74 Å². The van der Waals surface area contributed by atoms with Crippen LogP contribution in [0, 0.1) is 27.7 Å². The van der Waals surface area contributed by atoms with Crippen LogP contribution in [0.15, 0.2) is 30.3 Å². The molecule has 1 aromatic heterocycles. The van der Waals surface area contributed by atoms with E-state index in [4.69, 9.17) is 4.74 Å². The Labute approximate surface area is 180 Å². The Morgan fingerprint density at radius 3 is 2.23 bits per heavy atom. The number of para-hydroxylation sites is 1. The summed E-state index contributed by atoms with van der Waals surface area (Å²) >= 11 is 0. The van der Waals surface area contributed by atoms with Gasteiger partial charge in [0.1, 0.15) is 17.2 Å². The number of alkyl halides is 1. The van der Waals surface area contributed by atoms with Crippen LogP contribution in [0.2, 0.25) is 0 Å². The quantitative estimate of drug-likeness (QED) is 0.450. The van der Waals surface area contributed by atoms with Gasteiger partial charge in [-0.2, -0.15) is 0 Å². The van der Waals surface area contributed by atoms with Gasteiger partial charge in [-0.25, -0.2) is 14.4 Å². The fraction of sp³-hybridized carbons (Fsp3) is 0.462. The summed E-state index contributed by atoms with van der Waals surface area (Å²) in [6, 6.07) is 10.0. The van der Waals surface area contributed by atoms with Crippen molar-refractivity contribution in [3.05, 3.63) is 64.1 Å². The average molecular weight is 411 g/mol. The lowest BCUT2D eigenvalue weighted by molar-refractivity contribution is 0.207. The molecule has 0 N–H and O–H groups in total. The van der Waals surface area contributed by atoms with Crippen LogP contribution in [-0.2, 0) is 12.1 Å². The molecule has 0 bridgehead atoms. The van der Waals surface area contributed by atoms with Gasteiger partial charge in [-0.15, -0.1) is 0 Å². The topological polar surface area (TPSA) is 35.0 Å². The zero-order valence-corrected chi connectivity index (χ0v) is 19.7. The van der Waals surface area contributed by atoms with E-state index in [1.807, 2.05) is 32.0 Å². The molecule has 0 aliphatic carbocycles. The number of aromatic nitrogens is 2. The van der Waals surface area contributed by atoms with Crippen molar-refractivity contribution in [1.29, 1.82) is 0 Å². The Balaban J connectivity index is 0.000000215. The van der Waals surface area contributed by atoms with Gasteiger partial charge in [-0.05, 0) is 83.2 Å². The van der Waals surface area contributed by atoms with Crippen LogP contribution in [0.5, 0.6) is 5.75 Å². The summed E-state index contributed by atoms with van der Waals surface area (Å²) in [5.74, 6) is 1.58. The molecule has 0 radical (unpaired) electrons. The molecule has 162 valence electrons. The first-order valence-corrected chi connectivity index (χ1v) is 10.7. The van der Waals surface area contributed by atoms with Crippen LogP contribution in [0.25, 0.3) is 10.9 Å². The van der Waals surface area contributed by atoms with Gasteiger partial charge in [0.15, 0.2) is 0 Å². The molecular weight excluding hydrogens is 375 g/mol. The van der Waals surface area contributed by atoms with Crippen LogP contribution >= 0.6 is 0 Å². The third-order valence-electron chi connectivity index (χ3n) is 5.18. The van der Waals surface area contributed by atoms with Gasteiger partial charge in [-0.1, -0.05) is 32.0 Å². The molecule has 3 nitrogen and oxygen atoms in total. The highest BCUT2D eigenvalue weighted by atomic mass is 19.1. The lowest BCUT2D eigenvalue weighted by Crippen LogP contribution is -2.13. The van der Waals surface area contributed by atoms with Crippen LogP contribution in [0.4, 0.5) is 4.39 Å². The molecule has 0 atom stereocenters. The molecule has 0 fully saturated rings. The minimum Gasteiger partial charge on any atom is -0.493 e. The first-order chi connectivity index (χ1) is 14.1. The van der Waals surface area contributed by atoms with E-state index < -0.39 is 5.67 Å². The van der Waals surface area contributed by atoms with Crippen molar-refractivity contribution in [3.63, 3.8) is 0 Å². The van der Waals surface area contributed by atoms with Crippen molar-refractivity contribution in [2.24, 2.45) is 0 Å². The minimum absolute atomic E-state index is 0.639. The number of ether oxygens (including phenoxy) is 1. The molecule has 0 aliphatic rings. The third kappa shape index (κ3) is 5.78. The van der Waals surface area contributed by atoms with Crippen molar-refractivity contribution >= 4 is 10.9 Å². The van der Waals surface area contributed by atoms with Gasteiger partial charge in [0.2, 0.25) is 0 Å². The number of fused-ring (bicyclic) bond motifs is 1. The van der Waals surface area contributed by atoms with Crippen molar-refractivity contribution in [2.45, 2.75) is 73.9 Å². The Morgan fingerprint density at radius 1 is 0.967 bits per heavy atom. The Bertz CT molecular complexity index is 1010. The molecule has 3 rings (SSSR count). The summed E-state index contributed by atoms with van der Waals surface area (Å²) in [5, 5.41) is 1.17. The van der Waals surface area contributed by atoms with Gasteiger partial charge in [0, 0.05) is 16.6 Å². The number of aryl methyl sites for hydroxylation is 5. The standard InChI is InChI=1S/C14H21FO.C12H14N2/c1-5-10-16-13-11(6-2)8-7-9-12(13)14(3,4)15;1-7-5-11-9(3)13-10(4)14-12(11)6-8(7)2/h7-9H,5-6,10H2,1-4H3;5-6H,1-4H3. The fourth-order valence-corrected chi connectivity index (χ4v) is 3.39. The monoisotopic (exact) mass is 410 g/mol. The van der Waals surface area contributed by atoms with Gasteiger partial charge in [-0.3, -0.25) is 0 Å². The molecule has 0 saturated carbocycles. The number of hydrogen-bond acceptors (Lipinski definition) is 3. The number of nitrogens with zero attached hydrogens (tertiary/aromatic N) is 2. The van der Waals surface area contributed by atoms with Crippen molar-refractivity contribution < 1.29 is 9.13 Å². The number of halogens is 1. The van der Waals surface area contributed by atoms with Crippen LogP contribution in [0.1, 0.15) is 67.9 Å². The third-order valence-corrected chi connectivity index (χ3v) is 5.18. The van der Waals surface area contributed by atoms with Crippen molar-refractivity contribution in [3.8, 4) is 5.75 Å². The van der Waals surface area contributed by atoms with E-state index in [9.17, 15) is 4.39 Å². The van der Waals surface area contributed by atoms with E-state index in [0.29, 0.717) is 12.2 Å². The summed E-state index contributed by atoms with van der Waals surface area (Å²) in [5.41, 5.74) is 5.09. The molecule has 4 heteroatoms. The average Bonchev–Trinajstić information content (AvgIpc) is 2.67. The maximum Gasteiger partial charge on any atom is 0.134 e. The van der Waals surface area contributed by atoms with E-state index in [2.05, 4.69) is 49.8 Å². The van der Waals surface area contributed by atoms with E-state index in [1.165, 1.54) is 16.5 Å². The lowest BCUT2D eigenvalue weighted by Gasteiger charge is -2.21. The molecule has 0 saturated heterocycles. The van der Waals surface area contributed by atoms with Gasteiger partial charge in [0.05, 0.1) is 12.1 Å². The molecule has 30 heavy (non-hydrogen) atoms. The molecular formula is C26H35FN2O. The Hall–Kier alpha value is -2.49. The lowest BCUT2D eigenvalue weighted by atomic mass is 9.95. The minimum atomic E-state index is -1.35. The van der Waals surface area contributed by atoms with E-state index in [0.717, 1.165) is 41.2 Å². The highest BCUT2D eigenvalue weighted by Crippen LogP contribution is 2.35. The number of hydrogen-bond donors (Lipinski definition) is 0. The molecule has 1 heterocycles. The first kappa shape index (κ1) is 23.8. The summed E-state index contributed by atoms with van der Waals surface area (Å²) in [4.78, 5) is 8.79. The van der Waals surface area contributed by atoms with E-state index in [-0.39, 0.29) is 0 Å². The molecule has 3 aromatic rings. The molecule has 0 unspecified atom stereocenters. The highest BCUT2D eigenvalue weighted by molar-refractivity contribution is 5.82. The molecule has 2 aromatic carbocycles. The Morgan fingerprint density at radius 2 is 1.63 bits per heavy atom. The van der Waals surface area contributed by atoms with Gasteiger partial charge < -0.3 is 4.74 Å². The van der Waals surface area contributed by atoms with E-state index >= 15 is 0 Å². The van der Waals surface area contributed by atoms with Crippen LogP contribution in [-0.4, -0.2) is 16.6 Å². The zero-order valence-electron chi connectivity index (χ0n) is 19.7. The maximum atomic E-state index is 14.0. The normalized spacial score (nSPS) is 11.2. The maximum absolute atomic E-state index is 14.0. The molecule has 0 amide bonds. The number of rotatable bonds is 5. The SMILES string of the molecule is CCCOc1c(CC)cccc1C(C)(C)F.Cc1nc(C)c2cc(C)c(C)cc2n1. The first-order valence-electron chi connectivity index (χ1n) is 10.7. The zero-order chi connectivity index (χ0) is 22.5. The largest absolute Gasteiger partial charge is 0.493 e. The van der Waals surface area contributed by atoms with E-state index in [1.54, 1.807) is 13.8 Å². The second kappa shape index (κ2) is 10.0. The Kier molecular flexibility index (Phi) is 7.94. The van der Waals surface area contributed by atoms with Crippen molar-refractivity contribution in [2.75, 3.05) is 6.61 Å². The summed E-state index contributed by atoms with van der Waals surface area (Å²) < 4.78 is 19.7. The fourth-order valence-electron chi connectivity index (χ4n) is 3.39. The van der Waals surface area contributed by atoms with Gasteiger partial charge in [0.25, 0.3) is 0 Å². The summed E-state index contributed by atoms with van der Waals surface area (Å²) in [6.45, 7) is 16.1. The predicted octanol–water partition coefficient (Wildman–Crippen LogP) is 7.11. The van der Waals surface area contributed by atoms with Gasteiger partial charge >= 0.3 is 0 Å². The molecule has 0 aliphatic heterocycles. The predicted molar refractivity (Wildman–Crippen MR) is 124 cm³/mol.